The van der Waals surface area contributed by atoms with E-state index in [2.05, 4.69) is 38.6 Å². The van der Waals surface area contributed by atoms with Gasteiger partial charge in [-0.3, -0.25) is 4.79 Å². The fraction of sp³-hybridized carbons (Fsp3) is 0.440. The van der Waals surface area contributed by atoms with E-state index in [1.807, 2.05) is 13.8 Å². The number of hydrogen-bond donors (Lipinski definition) is 1. The second kappa shape index (κ2) is 8.73. The molecule has 2 aromatic heterocycles. The average molecular weight is 433 g/mol. The summed E-state index contributed by atoms with van der Waals surface area (Å²) in [4.78, 5) is 21.3. The molecule has 7 heteroatoms. The van der Waals surface area contributed by atoms with Crippen LogP contribution in [0.25, 0.3) is 11.1 Å². The summed E-state index contributed by atoms with van der Waals surface area (Å²) in [5.74, 6) is 0.666. The lowest BCUT2D eigenvalue weighted by Crippen LogP contribution is -2.39. The van der Waals surface area contributed by atoms with Crippen LogP contribution in [0.1, 0.15) is 65.0 Å². The molecule has 1 aromatic carbocycles. The Labute approximate surface area is 187 Å². The van der Waals surface area contributed by atoms with Crippen molar-refractivity contribution in [3.63, 3.8) is 0 Å². The zero-order chi connectivity index (χ0) is 22.1. The second-order valence-corrected chi connectivity index (χ2v) is 8.83. The molecule has 1 unspecified atom stereocenters. The van der Waals surface area contributed by atoms with Crippen LogP contribution >= 0.6 is 0 Å². The fourth-order valence-electron chi connectivity index (χ4n) is 4.93. The number of amides is 1. The predicted molar refractivity (Wildman–Crippen MR) is 120 cm³/mol. The van der Waals surface area contributed by atoms with Crippen LogP contribution in [0.15, 0.2) is 35.1 Å². The van der Waals surface area contributed by atoms with Crippen molar-refractivity contribution in [1.29, 1.82) is 0 Å². The molecule has 3 aromatic rings. The maximum absolute atomic E-state index is 12.8. The molecular formula is C25H28N4O3. The number of hydrogen-bond acceptors (Lipinski definition) is 6. The van der Waals surface area contributed by atoms with Gasteiger partial charge in [-0.15, -0.1) is 0 Å². The highest BCUT2D eigenvalue weighted by Crippen LogP contribution is 2.35. The number of carbonyl (C=O) groups excluding carboxylic acids is 1. The maximum Gasteiger partial charge on any atom is 0.316 e. The normalized spacial score (nSPS) is 18.4. The third kappa shape index (κ3) is 4.11. The van der Waals surface area contributed by atoms with Crippen LogP contribution in [-0.2, 0) is 12.8 Å². The molecule has 1 atom stereocenters. The smallest absolute Gasteiger partial charge is 0.316 e. The van der Waals surface area contributed by atoms with Crippen LogP contribution in [0.3, 0.4) is 0 Å². The first-order valence-corrected chi connectivity index (χ1v) is 11.4. The van der Waals surface area contributed by atoms with E-state index in [9.17, 15) is 4.79 Å². The number of benzene rings is 1. The number of ether oxygens (including phenoxy) is 1. The molecule has 7 nitrogen and oxygen atoms in total. The Kier molecular flexibility index (Phi) is 5.64. The summed E-state index contributed by atoms with van der Waals surface area (Å²) in [5, 5.41) is 7.29. The van der Waals surface area contributed by atoms with Gasteiger partial charge in [-0.25, -0.2) is 9.97 Å². The van der Waals surface area contributed by atoms with Crippen molar-refractivity contribution in [2.45, 2.75) is 70.9 Å². The monoisotopic (exact) mass is 432 g/mol. The lowest BCUT2D eigenvalue weighted by atomic mass is 9.83. The number of rotatable bonds is 5. The van der Waals surface area contributed by atoms with E-state index in [4.69, 9.17) is 9.26 Å². The van der Waals surface area contributed by atoms with Gasteiger partial charge in [0.05, 0.1) is 11.3 Å². The van der Waals surface area contributed by atoms with Gasteiger partial charge in [-0.05, 0) is 75.5 Å². The predicted octanol–water partition coefficient (Wildman–Crippen LogP) is 4.36. The van der Waals surface area contributed by atoms with Gasteiger partial charge in [0.25, 0.3) is 5.91 Å². The number of aromatic nitrogens is 3. The molecule has 1 saturated carbocycles. The molecule has 0 bridgehead atoms. The molecule has 2 aliphatic rings. The summed E-state index contributed by atoms with van der Waals surface area (Å²) in [6.45, 7) is 3.91. The van der Waals surface area contributed by atoms with Crippen LogP contribution in [0.2, 0.25) is 0 Å². The van der Waals surface area contributed by atoms with Crippen molar-refractivity contribution in [2.24, 2.45) is 0 Å². The minimum Gasteiger partial charge on any atom is -0.460 e. The molecule has 0 spiro atoms. The Hall–Kier alpha value is -3.22. The minimum atomic E-state index is -0.152. The van der Waals surface area contributed by atoms with Crippen molar-refractivity contribution in [3.8, 4) is 17.1 Å². The third-order valence-corrected chi connectivity index (χ3v) is 6.59. The Morgan fingerprint density at radius 2 is 1.91 bits per heavy atom. The first kappa shape index (κ1) is 20.7. The van der Waals surface area contributed by atoms with Gasteiger partial charge in [-0.2, -0.15) is 0 Å². The van der Waals surface area contributed by atoms with Gasteiger partial charge in [0.15, 0.2) is 0 Å². The van der Waals surface area contributed by atoms with Crippen molar-refractivity contribution >= 4 is 5.91 Å². The molecule has 1 N–H and O–H groups in total. The van der Waals surface area contributed by atoms with E-state index in [0.29, 0.717) is 11.6 Å². The van der Waals surface area contributed by atoms with Gasteiger partial charge in [0.1, 0.15) is 11.9 Å². The van der Waals surface area contributed by atoms with Crippen molar-refractivity contribution < 1.29 is 14.1 Å². The van der Waals surface area contributed by atoms with Crippen LogP contribution in [0.4, 0.5) is 0 Å². The Morgan fingerprint density at radius 1 is 1.12 bits per heavy atom. The fourth-order valence-corrected chi connectivity index (χ4v) is 4.93. The number of aryl methyl sites for hydroxylation is 3. The van der Waals surface area contributed by atoms with Crippen LogP contribution < -0.4 is 10.1 Å². The van der Waals surface area contributed by atoms with Gasteiger partial charge < -0.3 is 14.6 Å². The van der Waals surface area contributed by atoms with E-state index in [-0.39, 0.29) is 18.1 Å². The quantitative estimate of drug-likeness (QED) is 0.644. The summed E-state index contributed by atoms with van der Waals surface area (Å²) < 4.78 is 11.2. The van der Waals surface area contributed by atoms with Gasteiger partial charge >= 0.3 is 6.01 Å². The Morgan fingerprint density at radius 3 is 2.62 bits per heavy atom. The topological polar surface area (TPSA) is 90.1 Å². The minimum absolute atomic E-state index is 0.0473. The maximum atomic E-state index is 12.8. The molecule has 1 fully saturated rings. The zero-order valence-electron chi connectivity index (χ0n) is 18.6. The number of nitrogens with one attached hydrogen (secondary N) is 1. The van der Waals surface area contributed by atoms with Crippen molar-refractivity contribution in [3.05, 3.63) is 58.7 Å². The standard InChI is InChI=1S/C25H28N4O3/c1-15-23(16(2)32-29-15)21-9-5-6-17-10-11-19(12-22(17)21)28-24(30)18-13-26-25(27-14-18)31-20-7-3-4-8-20/h5-6,9,13-14,19-20H,3-4,7-8,10-12H2,1-2H3,(H,28,30). The first-order valence-electron chi connectivity index (χ1n) is 11.4. The molecule has 2 heterocycles. The highest BCUT2D eigenvalue weighted by molar-refractivity contribution is 5.93. The van der Waals surface area contributed by atoms with E-state index in [0.717, 1.165) is 54.7 Å². The Bertz CT molecular complexity index is 1100. The zero-order valence-corrected chi connectivity index (χ0v) is 18.6. The molecule has 0 radical (unpaired) electrons. The number of nitrogens with zero attached hydrogens (tertiary/aromatic N) is 3. The summed E-state index contributed by atoms with van der Waals surface area (Å²) in [6.07, 6.45) is 10.4. The molecule has 5 rings (SSSR count). The van der Waals surface area contributed by atoms with Crippen LogP contribution in [0.5, 0.6) is 6.01 Å². The van der Waals surface area contributed by atoms with Crippen LogP contribution in [0, 0.1) is 13.8 Å². The number of fused-ring (bicyclic) bond motifs is 1. The summed E-state index contributed by atoms with van der Waals surface area (Å²) in [7, 11) is 0. The summed E-state index contributed by atoms with van der Waals surface area (Å²) in [5.41, 5.74) is 6.13. The summed E-state index contributed by atoms with van der Waals surface area (Å²) >= 11 is 0. The van der Waals surface area contributed by atoms with Gasteiger partial charge in [0, 0.05) is 24.0 Å². The van der Waals surface area contributed by atoms with E-state index in [1.165, 1.54) is 24.0 Å². The van der Waals surface area contributed by atoms with Crippen molar-refractivity contribution in [1.82, 2.24) is 20.4 Å². The van der Waals surface area contributed by atoms with E-state index < -0.39 is 0 Å². The average Bonchev–Trinajstić information content (AvgIpc) is 3.43. The molecular weight excluding hydrogens is 404 g/mol. The second-order valence-electron chi connectivity index (χ2n) is 8.83. The molecule has 0 saturated heterocycles. The van der Waals surface area contributed by atoms with Gasteiger partial charge in [-0.1, -0.05) is 23.4 Å². The first-order chi connectivity index (χ1) is 15.6. The van der Waals surface area contributed by atoms with Gasteiger partial charge in [0.2, 0.25) is 0 Å². The van der Waals surface area contributed by atoms with Crippen LogP contribution in [-0.4, -0.2) is 33.2 Å². The highest BCUT2D eigenvalue weighted by atomic mass is 16.5. The highest BCUT2D eigenvalue weighted by Gasteiger charge is 2.25. The molecule has 2 aliphatic carbocycles. The lowest BCUT2D eigenvalue weighted by Gasteiger charge is -2.27. The Balaban J connectivity index is 1.28. The SMILES string of the molecule is Cc1noc(C)c1-c1cccc2c1CC(NC(=O)c1cnc(OC3CCCC3)nc1)CC2. The van der Waals surface area contributed by atoms with Crippen molar-refractivity contribution in [2.75, 3.05) is 0 Å². The molecule has 1 amide bonds. The summed E-state index contributed by atoms with van der Waals surface area (Å²) in [6, 6.07) is 6.78. The molecule has 0 aliphatic heterocycles. The molecule has 166 valence electrons. The third-order valence-electron chi connectivity index (χ3n) is 6.59. The lowest BCUT2D eigenvalue weighted by molar-refractivity contribution is 0.0932. The van der Waals surface area contributed by atoms with E-state index >= 15 is 0 Å². The number of carbonyl (C=O) groups is 1. The molecule has 32 heavy (non-hydrogen) atoms. The largest absolute Gasteiger partial charge is 0.460 e. The van der Waals surface area contributed by atoms with E-state index in [1.54, 1.807) is 12.4 Å².